The number of hydrogen-bond acceptors (Lipinski definition) is 4. The summed E-state index contributed by atoms with van der Waals surface area (Å²) >= 11 is -1.51. The first-order valence-electron chi connectivity index (χ1n) is 10.4. The van der Waals surface area contributed by atoms with Crippen LogP contribution >= 0.6 is 0 Å². The molecular formula is C25H24N2O4S. The van der Waals surface area contributed by atoms with Crippen LogP contribution in [0.3, 0.4) is 0 Å². The number of fused-ring (bicyclic) bond motifs is 2. The van der Waals surface area contributed by atoms with Gasteiger partial charge in [0.1, 0.15) is 11.4 Å². The van der Waals surface area contributed by atoms with Gasteiger partial charge in [0.25, 0.3) is 11.8 Å². The summed E-state index contributed by atoms with van der Waals surface area (Å²) in [4.78, 5) is 28.5. The van der Waals surface area contributed by atoms with Crippen molar-refractivity contribution in [3.05, 3.63) is 83.4 Å². The number of benzene rings is 3. The minimum absolute atomic E-state index is 0.217. The van der Waals surface area contributed by atoms with Crippen LogP contribution in [0.4, 0.5) is 5.69 Å². The van der Waals surface area contributed by atoms with Gasteiger partial charge in [-0.25, -0.2) is 0 Å². The number of rotatable bonds is 6. The zero-order valence-electron chi connectivity index (χ0n) is 18.0. The molecular weight excluding hydrogens is 424 g/mol. The van der Waals surface area contributed by atoms with Crippen LogP contribution in [0.15, 0.2) is 76.5 Å². The van der Waals surface area contributed by atoms with E-state index in [9.17, 15) is 14.1 Å². The molecule has 0 fully saturated rings. The lowest BCUT2D eigenvalue weighted by molar-refractivity contribution is 0.0950. The van der Waals surface area contributed by atoms with Crippen molar-refractivity contribution in [3.63, 3.8) is 0 Å². The predicted molar refractivity (Wildman–Crippen MR) is 124 cm³/mol. The third-order valence-corrected chi connectivity index (χ3v) is 6.92. The molecule has 164 valence electrons. The van der Waals surface area contributed by atoms with Crippen molar-refractivity contribution in [1.29, 1.82) is 0 Å². The molecule has 0 radical (unpaired) electrons. The quantitative estimate of drug-likeness (QED) is 0.582. The average molecular weight is 449 g/mol. The van der Waals surface area contributed by atoms with Crippen molar-refractivity contribution in [2.75, 3.05) is 25.1 Å². The molecule has 3 aromatic carbocycles. The second kappa shape index (κ2) is 9.46. The zero-order chi connectivity index (χ0) is 22.7. The van der Waals surface area contributed by atoms with Crippen LogP contribution in [0.2, 0.25) is 0 Å². The van der Waals surface area contributed by atoms with Gasteiger partial charge in [0.15, 0.2) is 9.79 Å². The SMILES string of the molecule is CCN1C(=O)c2ccccc2[S+]([O-])c2ccc(C(=O)NCCc3cccc(OC)c3)cc21. The summed E-state index contributed by atoms with van der Waals surface area (Å²) in [7, 11) is 1.62. The van der Waals surface area contributed by atoms with Gasteiger partial charge < -0.3 is 19.5 Å². The summed E-state index contributed by atoms with van der Waals surface area (Å²) < 4.78 is 18.5. The number of nitrogens with zero attached hydrogens (tertiary/aromatic N) is 1. The molecule has 1 atom stereocenters. The van der Waals surface area contributed by atoms with E-state index in [4.69, 9.17) is 4.74 Å². The first kappa shape index (κ1) is 21.9. The van der Waals surface area contributed by atoms with E-state index >= 15 is 0 Å². The Morgan fingerprint density at radius 3 is 2.66 bits per heavy atom. The Balaban J connectivity index is 1.55. The second-order valence-electron chi connectivity index (χ2n) is 7.35. The van der Waals surface area contributed by atoms with Crippen LogP contribution in [-0.2, 0) is 17.6 Å². The van der Waals surface area contributed by atoms with E-state index in [1.54, 1.807) is 54.5 Å². The van der Waals surface area contributed by atoms with Crippen molar-refractivity contribution in [1.82, 2.24) is 5.32 Å². The molecule has 0 aliphatic carbocycles. The highest BCUT2D eigenvalue weighted by molar-refractivity contribution is 7.91. The monoisotopic (exact) mass is 448 g/mol. The molecule has 7 heteroatoms. The average Bonchev–Trinajstić information content (AvgIpc) is 2.92. The van der Waals surface area contributed by atoms with Crippen molar-refractivity contribution in [2.45, 2.75) is 23.1 Å². The largest absolute Gasteiger partial charge is 0.606 e. The Bertz CT molecular complexity index is 1160. The van der Waals surface area contributed by atoms with E-state index in [0.29, 0.717) is 46.1 Å². The van der Waals surface area contributed by atoms with Crippen molar-refractivity contribution in [3.8, 4) is 5.75 Å². The molecule has 0 spiro atoms. The maximum atomic E-state index is 13.2. The second-order valence-corrected chi connectivity index (χ2v) is 8.77. The molecule has 0 aromatic heterocycles. The highest BCUT2D eigenvalue weighted by atomic mass is 32.2. The highest BCUT2D eigenvalue weighted by Gasteiger charge is 2.35. The lowest BCUT2D eigenvalue weighted by atomic mass is 10.1. The first-order valence-corrected chi connectivity index (χ1v) is 11.6. The Hall–Kier alpha value is -3.29. The molecule has 0 saturated carbocycles. The predicted octanol–water partition coefficient (Wildman–Crippen LogP) is 3.81. The summed E-state index contributed by atoms with van der Waals surface area (Å²) in [5.41, 5.74) is 2.41. The van der Waals surface area contributed by atoms with Gasteiger partial charge in [-0.1, -0.05) is 24.3 Å². The van der Waals surface area contributed by atoms with Crippen LogP contribution < -0.4 is 15.0 Å². The Labute approximate surface area is 190 Å². The molecule has 6 nitrogen and oxygen atoms in total. The van der Waals surface area contributed by atoms with E-state index in [-0.39, 0.29) is 11.8 Å². The maximum absolute atomic E-state index is 13.2. The summed E-state index contributed by atoms with van der Waals surface area (Å²) in [5.74, 6) is 0.315. The highest BCUT2D eigenvalue weighted by Crippen LogP contribution is 2.37. The van der Waals surface area contributed by atoms with Gasteiger partial charge in [0.05, 0.1) is 12.7 Å². The third-order valence-electron chi connectivity index (χ3n) is 5.42. The minimum atomic E-state index is -1.51. The Morgan fingerprint density at radius 2 is 1.88 bits per heavy atom. The summed E-state index contributed by atoms with van der Waals surface area (Å²) in [6, 6.07) is 19.6. The van der Waals surface area contributed by atoms with Gasteiger partial charge in [0.2, 0.25) is 0 Å². The molecule has 1 aliphatic rings. The molecule has 1 heterocycles. The minimum Gasteiger partial charge on any atom is -0.606 e. The molecule has 1 aliphatic heterocycles. The van der Waals surface area contributed by atoms with Crippen molar-refractivity contribution >= 4 is 28.7 Å². The third kappa shape index (κ3) is 4.22. The van der Waals surface area contributed by atoms with Gasteiger partial charge in [-0.05, 0) is 61.4 Å². The fraction of sp³-hybridized carbons (Fsp3) is 0.200. The van der Waals surface area contributed by atoms with E-state index in [2.05, 4.69) is 5.32 Å². The number of carbonyl (C=O) groups excluding carboxylic acids is 2. The molecule has 1 unspecified atom stereocenters. The lowest BCUT2D eigenvalue weighted by Crippen LogP contribution is -2.31. The van der Waals surface area contributed by atoms with Gasteiger partial charge >= 0.3 is 0 Å². The van der Waals surface area contributed by atoms with Crippen LogP contribution in [0, 0.1) is 0 Å². The van der Waals surface area contributed by atoms with Gasteiger partial charge in [0, 0.05) is 29.8 Å². The summed E-state index contributed by atoms with van der Waals surface area (Å²) in [6.45, 7) is 2.72. The molecule has 32 heavy (non-hydrogen) atoms. The van der Waals surface area contributed by atoms with E-state index in [1.165, 1.54) is 0 Å². The number of amides is 2. The maximum Gasteiger partial charge on any atom is 0.263 e. The Kier molecular flexibility index (Phi) is 6.48. The standard InChI is InChI=1S/C25H24N2O4S/c1-3-27-21-16-18(24(28)26-14-13-17-7-6-8-19(15-17)31-2)11-12-23(21)32(30)22-10-5-4-9-20(22)25(27)29/h4-12,15-16H,3,13-14H2,1-2H3,(H,26,28). The number of anilines is 1. The van der Waals surface area contributed by atoms with E-state index in [1.807, 2.05) is 31.2 Å². The molecule has 1 N–H and O–H groups in total. The topological polar surface area (TPSA) is 81.7 Å². The normalized spacial score (nSPS) is 14.9. The molecule has 4 rings (SSSR count). The molecule has 0 saturated heterocycles. The van der Waals surface area contributed by atoms with Crippen LogP contribution in [-0.4, -0.2) is 36.6 Å². The van der Waals surface area contributed by atoms with Crippen LogP contribution in [0.25, 0.3) is 0 Å². The molecule has 2 amide bonds. The fourth-order valence-corrected chi connectivity index (χ4v) is 5.11. The lowest BCUT2D eigenvalue weighted by Gasteiger charge is -2.20. The number of nitrogens with one attached hydrogen (secondary N) is 1. The van der Waals surface area contributed by atoms with E-state index < -0.39 is 11.2 Å². The summed E-state index contributed by atoms with van der Waals surface area (Å²) in [5, 5.41) is 2.92. The molecule has 0 bridgehead atoms. The Morgan fingerprint density at radius 1 is 1.06 bits per heavy atom. The number of ether oxygens (including phenoxy) is 1. The first-order chi connectivity index (χ1) is 15.5. The van der Waals surface area contributed by atoms with E-state index in [0.717, 1.165) is 11.3 Å². The van der Waals surface area contributed by atoms with Crippen molar-refractivity contribution in [2.24, 2.45) is 0 Å². The molecule has 3 aromatic rings. The van der Waals surface area contributed by atoms with Crippen molar-refractivity contribution < 1.29 is 18.9 Å². The van der Waals surface area contributed by atoms with Gasteiger partial charge in [-0.2, -0.15) is 0 Å². The number of carbonyl (C=O) groups is 2. The van der Waals surface area contributed by atoms with Gasteiger partial charge in [-0.15, -0.1) is 0 Å². The number of hydrogen-bond donors (Lipinski definition) is 1. The fourth-order valence-electron chi connectivity index (χ4n) is 3.77. The van der Waals surface area contributed by atoms with Crippen LogP contribution in [0.5, 0.6) is 5.75 Å². The zero-order valence-corrected chi connectivity index (χ0v) is 18.8. The van der Waals surface area contributed by atoms with Crippen LogP contribution in [0.1, 0.15) is 33.2 Å². The van der Waals surface area contributed by atoms with Gasteiger partial charge in [-0.3, -0.25) is 9.59 Å². The smallest absolute Gasteiger partial charge is 0.263 e. The number of methoxy groups -OCH3 is 1. The summed E-state index contributed by atoms with van der Waals surface area (Å²) in [6.07, 6.45) is 0.660.